The summed E-state index contributed by atoms with van der Waals surface area (Å²) in [5.41, 5.74) is 0.888. The monoisotopic (exact) mass is 197 g/mol. The molecule has 0 aliphatic carbocycles. The number of benzene rings is 1. The van der Waals surface area contributed by atoms with Crippen molar-refractivity contribution in [3.05, 3.63) is 29.6 Å². The summed E-state index contributed by atoms with van der Waals surface area (Å²) in [6, 6.07) is 4.53. The Hall–Kier alpha value is -1.45. The third kappa shape index (κ3) is 1.27. The van der Waals surface area contributed by atoms with Gasteiger partial charge in [-0.1, -0.05) is 12.1 Å². The Labute approximate surface area is 80.1 Å². The van der Waals surface area contributed by atoms with E-state index in [-0.39, 0.29) is 24.6 Å². The quantitative estimate of drug-likeness (QED) is 0.706. The average Bonchev–Trinajstić information content (AvgIpc) is 2.45. The number of para-hydroxylation sites is 1. The van der Waals surface area contributed by atoms with Gasteiger partial charge in [-0.25, -0.2) is 8.78 Å². The molecule has 0 radical (unpaired) electrons. The van der Waals surface area contributed by atoms with E-state index in [4.69, 9.17) is 0 Å². The van der Waals surface area contributed by atoms with Gasteiger partial charge in [-0.2, -0.15) is 0 Å². The Morgan fingerprint density at radius 3 is 2.93 bits per heavy atom. The van der Waals surface area contributed by atoms with Crippen LogP contribution < -0.4 is 4.90 Å². The lowest BCUT2D eigenvalue weighted by molar-refractivity contribution is -0.117. The molecule has 1 amide bonds. The number of amides is 1. The molecule has 14 heavy (non-hydrogen) atoms. The molecule has 0 saturated carbocycles. The fourth-order valence-corrected chi connectivity index (χ4v) is 1.71. The van der Waals surface area contributed by atoms with Crippen LogP contribution in [0.1, 0.15) is 5.56 Å². The third-order valence-corrected chi connectivity index (χ3v) is 2.29. The van der Waals surface area contributed by atoms with E-state index in [1.54, 1.807) is 12.1 Å². The first-order valence-corrected chi connectivity index (χ1v) is 4.37. The molecular weight excluding hydrogens is 188 g/mol. The molecule has 0 aromatic heterocycles. The van der Waals surface area contributed by atoms with E-state index in [0.717, 1.165) is 0 Å². The lowest BCUT2D eigenvalue weighted by Gasteiger charge is -2.15. The highest BCUT2D eigenvalue weighted by Gasteiger charge is 2.29. The molecule has 4 heteroatoms. The molecule has 0 bridgehead atoms. The van der Waals surface area contributed by atoms with Gasteiger partial charge in [-0.05, 0) is 11.6 Å². The Morgan fingerprint density at radius 2 is 2.21 bits per heavy atom. The van der Waals surface area contributed by atoms with Gasteiger partial charge in [0.25, 0.3) is 0 Å². The highest BCUT2D eigenvalue weighted by Crippen LogP contribution is 2.31. The molecule has 1 aliphatic rings. The largest absolute Gasteiger partial charge is 0.306 e. The van der Waals surface area contributed by atoms with Crippen molar-refractivity contribution in [3.63, 3.8) is 0 Å². The van der Waals surface area contributed by atoms with Crippen LogP contribution in [0.4, 0.5) is 14.5 Å². The maximum Gasteiger partial charge on any atom is 0.231 e. The Kier molecular flexibility index (Phi) is 2.19. The molecule has 1 aromatic carbocycles. The maximum absolute atomic E-state index is 13.3. The third-order valence-electron chi connectivity index (χ3n) is 2.29. The smallest absolute Gasteiger partial charge is 0.231 e. The summed E-state index contributed by atoms with van der Waals surface area (Å²) >= 11 is 0. The van der Waals surface area contributed by atoms with Crippen LogP contribution in [-0.2, 0) is 11.2 Å². The van der Waals surface area contributed by atoms with Crippen molar-refractivity contribution in [2.75, 3.05) is 18.1 Å². The van der Waals surface area contributed by atoms with Crippen molar-refractivity contribution in [2.24, 2.45) is 0 Å². The average molecular weight is 197 g/mol. The van der Waals surface area contributed by atoms with E-state index in [2.05, 4.69) is 0 Å². The highest BCUT2D eigenvalue weighted by molar-refractivity contribution is 6.01. The topological polar surface area (TPSA) is 20.3 Å². The number of alkyl halides is 1. The predicted molar refractivity (Wildman–Crippen MR) is 48.4 cm³/mol. The van der Waals surface area contributed by atoms with Crippen LogP contribution in [0.5, 0.6) is 0 Å². The Morgan fingerprint density at radius 1 is 1.43 bits per heavy atom. The normalized spacial score (nSPS) is 14.7. The van der Waals surface area contributed by atoms with Crippen LogP contribution in [0.2, 0.25) is 0 Å². The molecule has 0 spiro atoms. The van der Waals surface area contributed by atoms with Gasteiger partial charge in [0.1, 0.15) is 12.5 Å². The van der Waals surface area contributed by atoms with Gasteiger partial charge in [0.2, 0.25) is 5.91 Å². The van der Waals surface area contributed by atoms with Gasteiger partial charge in [-0.15, -0.1) is 0 Å². The zero-order valence-corrected chi connectivity index (χ0v) is 7.46. The number of hydrogen-bond donors (Lipinski definition) is 0. The van der Waals surface area contributed by atoms with Gasteiger partial charge in [0, 0.05) is 0 Å². The minimum Gasteiger partial charge on any atom is -0.306 e. The summed E-state index contributed by atoms with van der Waals surface area (Å²) in [7, 11) is 0. The zero-order valence-electron chi connectivity index (χ0n) is 7.46. The number of halogens is 2. The first kappa shape index (κ1) is 9.12. The van der Waals surface area contributed by atoms with Crippen molar-refractivity contribution in [1.29, 1.82) is 0 Å². The minimum absolute atomic E-state index is 0.0627. The standard InChI is InChI=1S/C10H9F2NO/c11-4-5-13-9(14)6-7-2-1-3-8(12)10(7)13/h1-3H,4-6H2. The number of carbonyl (C=O) groups is 1. The Bertz CT molecular complexity index is 378. The molecule has 1 aliphatic heterocycles. The number of nitrogens with zero attached hydrogens (tertiary/aromatic N) is 1. The maximum atomic E-state index is 13.3. The molecule has 0 saturated heterocycles. The number of hydrogen-bond acceptors (Lipinski definition) is 1. The van der Waals surface area contributed by atoms with Crippen LogP contribution in [-0.4, -0.2) is 19.1 Å². The number of anilines is 1. The van der Waals surface area contributed by atoms with E-state index in [1.165, 1.54) is 11.0 Å². The molecule has 0 N–H and O–H groups in total. The summed E-state index contributed by atoms with van der Waals surface area (Å²) < 4.78 is 25.4. The van der Waals surface area contributed by atoms with Crippen molar-refractivity contribution in [1.82, 2.24) is 0 Å². The predicted octanol–water partition coefficient (Wildman–Crippen LogP) is 1.68. The molecule has 0 unspecified atom stereocenters. The van der Waals surface area contributed by atoms with Crippen molar-refractivity contribution in [2.45, 2.75) is 6.42 Å². The summed E-state index contributed by atoms with van der Waals surface area (Å²) in [6.07, 6.45) is 0.174. The van der Waals surface area contributed by atoms with E-state index < -0.39 is 12.5 Å². The van der Waals surface area contributed by atoms with E-state index in [9.17, 15) is 13.6 Å². The van der Waals surface area contributed by atoms with E-state index in [1.807, 2.05) is 0 Å². The van der Waals surface area contributed by atoms with Crippen molar-refractivity contribution in [3.8, 4) is 0 Å². The fourth-order valence-electron chi connectivity index (χ4n) is 1.71. The summed E-state index contributed by atoms with van der Waals surface area (Å²) in [5, 5.41) is 0. The van der Waals surface area contributed by atoms with E-state index in [0.29, 0.717) is 5.56 Å². The van der Waals surface area contributed by atoms with Crippen LogP contribution in [0, 0.1) is 5.82 Å². The summed E-state index contributed by atoms with van der Waals surface area (Å²) in [5.74, 6) is -0.690. The second-order valence-corrected chi connectivity index (χ2v) is 3.16. The SMILES string of the molecule is O=C1Cc2cccc(F)c2N1CCF. The lowest BCUT2D eigenvalue weighted by Crippen LogP contribution is -2.29. The summed E-state index contributed by atoms with van der Waals surface area (Å²) in [4.78, 5) is 12.5. The fraction of sp³-hybridized carbons (Fsp3) is 0.300. The van der Waals surface area contributed by atoms with Crippen LogP contribution in [0.15, 0.2) is 18.2 Å². The van der Waals surface area contributed by atoms with Gasteiger partial charge in [0.15, 0.2) is 0 Å². The first-order chi connectivity index (χ1) is 6.74. The molecule has 1 heterocycles. The van der Waals surface area contributed by atoms with Crippen LogP contribution in [0.25, 0.3) is 0 Å². The van der Waals surface area contributed by atoms with Crippen LogP contribution in [0.3, 0.4) is 0 Å². The van der Waals surface area contributed by atoms with Gasteiger partial charge in [0.05, 0.1) is 18.7 Å². The second-order valence-electron chi connectivity index (χ2n) is 3.16. The van der Waals surface area contributed by atoms with E-state index >= 15 is 0 Å². The van der Waals surface area contributed by atoms with Crippen LogP contribution >= 0.6 is 0 Å². The molecule has 0 fully saturated rings. The number of carbonyl (C=O) groups excluding carboxylic acids is 1. The van der Waals surface area contributed by atoms with Gasteiger partial charge < -0.3 is 4.90 Å². The van der Waals surface area contributed by atoms with Crippen molar-refractivity contribution >= 4 is 11.6 Å². The Balaban J connectivity index is 2.44. The van der Waals surface area contributed by atoms with Crippen molar-refractivity contribution < 1.29 is 13.6 Å². The zero-order chi connectivity index (χ0) is 10.1. The summed E-state index contributed by atoms with van der Waals surface area (Å²) in [6.45, 7) is -0.716. The molecule has 1 aromatic rings. The molecule has 2 nitrogen and oxygen atoms in total. The number of fused-ring (bicyclic) bond motifs is 1. The van der Waals surface area contributed by atoms with Gasteiger partial charge >= 0.3 is 0 Å². The second kappa shape index (κ2) is 3.36. The lowest BCUT2D eigenvalue weighted by atomic mass is 10.1. The molecular formula is C10H9F2NO. The minimum atomic E-state index is -0.653. The number of rotatable bonds is 2. The highest BCUT2D eigenvalue weighted by atomic mass is 19.1. The molecule has 74 valence electrons. The molecule has 2 rings (SSSR count). The molecule has 0 atom stereocenters. The van der Waals surface area contributed by atoms with Gasteiger partial charge in [-0.3, -0.25) is 4.79 Å². The first-order valence-electron chi connectivity index (χ1n) is 4.37.